The molecule has 110 valence electrons. The summed E-state index contributed by atoms with van der Waals surface area (Å²) in [6, 6.07) is 3.37. The van der Waals surface area contributed by atoms with Crippen LogP contribution in [0.3, 0.4) is 0 Å². The first kappa shape index (κ1) is 15.0. The third-order valence-corrected chi connectivity index (χ3v) is 3.15. The summed E-state index contributed by atoms with van der Waals surface area (Å²) in [5.41, 5.74) is 0. The van der Waals surface area contributed by atoms with Crippen LogP contribution < -0.4 is 15.4 Å². The van der Waals surface area contributed by atoms with Crippen molar-refractivity contribution in [2.75, 3.05) is 39.5 Å². The summed E-state index contributed by atoms with van der Waals surface area (Å²) in [7, 11) is 0. The minimum absolute atomic E-state index is 0.0995. The zero-order valence-electron chi connectivity index (χ0n) is 11.1. The molecule has 0 aliphatic carbocycles. The molecule has 1 aromatic rings. The summed E-state index contributed by atoms with van der Waals surface area (Å²) in [6.45, 7) is 3.52. The van der Waals surface area contributed by atoms with Crippen molar-refractivity contribution in [1.82, 2.24) is 15.6 Å². The predicted octanol–water partition coefficient (Wildman–Crippen LogP) is 0.466. The maximum Gasteiger partial charge on any atom is 0.258 e. The van der Waals surface area contributed by atoms with Gasteiger partial charge in [0.15, 0.2) is 6.61 Å². The Labute approximate surface area is 122 Å². The summed E-state index contributed by atoms with van der Waals surface area (Å²) in [5, 5.41) is 6.46. The molecule has 0 saturated carbocycles. The second-order valence-corrected chi connectivity index (χ2v) is 4.94. The van der Waals surface area contributed by atoms with Gasteiger partial charge in [0.05, 0.1) is 13.2 Å². The molecular weight excluding hydrogens is 282 g/mol. The molecule has 0 radical (unpaired) electrons. The molecule has 1 atom stereocenters. The highest BCUT2D eigenvalue weighted by Gasteiger charge is 2.14. The van der Waals surface area contributed by atoms with Gasteiger partial charge in [0, 0.05) is 31.7 Å². The monoisotopic (exact) mass is 299 g/mol. The Kier molecular flexibility index (Phi) is 6.04. The van der Waals surface area contributed by atoms with Gasteiger partial charge >= 0.3 is 0 Å². The number of aromatic nitrogens is 1. The van der Waals surface area contributed by atoms with Gasteiger partial charge in [0.2, 0.25) is 5.88 Å². The topological polar surface area (TPSA) is 72.5 Å². The van der Waals surface area contributed by atoms with E-state index in [1.54, 1.807) is 18.3 Å². The fourth-order valence-corrected chi connectivity index (χ4v) is 1.99. The number of nitrogens with zero attached hydrogens (tertiary/aromatic N) is 1. The summed E-state index contributed by atoms with van der Waals surface area (Å²) in [4.78, 5) is 15.6. The molecule has 0 aromatic carbocycles. The number of nitrogens with one attached hydrogen (secondary N) is 2. The molecule has 1 amide bonds. The number of hydrogen-bond acceptors (Lipinski definition) is 5. The lowest BCUT2D eigenvalue weighted by atomic mass is 10.1. The number of ether oxygens (including phenoxy) is 2. The molecule has 20 heavy (non-hydrogen) atoms. The van der Waals surface area contributed by atoms with Crippen molar-refractivity contribution in [3.8, 4) is 5.88 Å². The summed E-state index contributed by atoms with van der Waals surface area (Å²) in [5.74, 6) is 0.347. The maximum absolute atomic E-state index is 11.7. The van der Waals surface area contributed by atoms with E-state index in [1.807, 2.05) is 0 Å². The van der Waals surface area contributed by atoms with Crippen LogP contribution in [0.25, 0.3) is 0 Å². The highest BCUT2D eigenvalue weighted by atomic mass is 35.5. The highest BCUT2D eigenvalue weighted by Crippen LogP contribution is 2.19. The summed E-state index contributed by atoms with van der Waals surface area (Å²) >= 11 is 5.88. The Morgan fingerprint density at radius 3 is 3.40 bits per heavy atom. The number of rotatable bonds is 5. The molecule has 1 saturated heterocycles. The van der Waals surface area contributed by atoms with Crippen molar-refractivity contribution in [3.63, 3.8) is 0 Å². The highest BCUT2D eigenvalue weighted by molar-refractivity contribution is 6.31. The minimum Gasteiger partial charge on any atom is -0.467 e. The number of halogens is 1. The molecule has 1 fully saturated rings. The van der Waals surface area contributed by atoms with Crippen molar-refractivity contribution in [1.29, 1.82) is 0 Å². The van der Waals surface area contributed by atoms with Gasteiger partial charge in [0.1, 0.15) is 5.02 Å². The molecule has 2 heterocycles. The van der Waals surface area contributed by atoms with Gasteiger partial charge in [-0.1, -0.05) is 11.6 Å². The fourth-order valence-electron chi connectivity index (χ4n) is 1.81. The second kappa shape index (κ2) is 8.04. The lowest BCUT2D eigenvalue weighted by molar-refractivity contribution is -0.123. The Hall–Kier alpha value is -1.37. The lowest BCUT2D eigenvalue weighted by Gasteiger charge is -2.14. The van der Waals surface area contributed by atoms with E-state index in [2.05, 4.69) is 15.6 Å². The van der Waals surface area contributed by atoms with Gasteiger partial charge in [-0.15, -0.1) is 0 Å². The lowest BCUT2D eigenvalue weighted by Crippen LogP contribution is -2.37. The van der Waals surface area contributed by atoms with Gasteiger partial charge in [0.25, 0.3) is 5.91 Å². The first-order valence-corrected chi connectivity index (χ1v) is 6.92. The van der Waals surface area contributed by atoms with Crippen LogP contribution in [-0.2, 0) is 9.53 Å². The molecule has 6 nitrogen and oxygen atoms in total. The fraction of sp³-hybridized carbons (Fsp3) is 0.538. The van der Waals surface area contributed by atoms with Gasteiger partial charge in [-0.25, -0.2) is 4.98 Å². The van der Waals surface area contributed by atoms with E-state index < -0.39 is 0 Å². The largest absolute Gasteiger partial charge is 0.467 e. The third-order valence-electron chi connectivity index (χ3n) is 2.86. The van der Waals surface area contributed by atoms with E-state index >= 15 is 0 Å². The Bertz CT molecular complexity index is 437. The van der Waals surface area contributed by atoms with Crippen molar-refractivity contribution in [2.24, 2.45) is 5.92 Å². The first-order valence-electron chi connectivity index (χ1n) is 6.54. The van der Waals surface area contributed by atoms with Crippen LogP contribution >= 0.6 is 11.6 Å². The number of carbonyl (C=O) groups is 1. The van der Waals surface area contributed by atoms with E-state index in [9.17, 15) is 4.79 Å². The molecule has 1 unspecified atom stereocenters. The SMILES string of the molecule is O=C(COc1ncccc1Cl)NCC1CNCCOC1. The van der Waals surface area contributed by atoms with Gasteiger partial charge in [-0.3, -0.25) is 4.79 Å². The molecule has 0 bridgehead atoms. The molecule has 1 aliphatic heterocycles. The van der Waals surface area contributed by atoms with Gasteiger partial charge < -0.3 is 20.1 Å². The van der Waals surface area contributed by atoms with Crippen LogP contribution in [0.15, 0.2) is 18.3 Å². The van der Waals surface area contributed by atoms with Gasteiger partial charge in [-0.05, 0) is 12.1 Å². The van der Waals surface area contributed by atoms with Crippen molar-refractivity contribution in [3.05, 3.63) is 23.4 Å². The Morgan fingerprint density at radius 2 is 2.55 bits per heavy atom. The van der Waals surface area contributed by atoms with E-state index in [4.69, 9.17) is 21.1 Å². The maximum atomic E-state index is 11.7. The number of amides is 1. The zero-order chi connectivity index (χ0) is 14.2. The van der Waals surface area contributed by atoms with E-state index in [0.717, 1.165) is 13.1 Å². The predicted molar refractivity (Wildman–Crippen MR) is 74.9 cm³/mol. The molecule has 2 N–H and O–H groups in total. The molecule has 7 heteroatoms. The third kappa shape index (κ3) is 4.96. The quantitative estimate of drug-likeness (QED) is 0.827. The minimum atomic E-state index is -0.198. The Balaban J connectivity index is 1.69. The normalized spacial score (nSPS) is 19.1. The van der Waals surface area contributed by atoms with Crippen LogP contribution in [0, 0.1) is 5.92 Å². The van der Waals surface area contributed by atoms with E-state index in [0.29, 0.717) is 24.8 Å². The number of carbonyl (C=O) groups excluding carboxylic acids is 1. The van der Waals surface area contributed by atoms with Crippen LogP contribution in [0.2, 0.25) is 5.02 Å². The first-order chi connectivity index (χ1) is 9.75. The van der Waals surface area contributed by atoms with Gasteiger partial charge in [-0.2, -0.15) is 0 Å². The Morgan fingerprint density at radius 1 is 1.65 bits per heavy atom. The average Bonchev–Trinajstić information content (AvgIpc) is 2.73. The second-order valence-electron chi connectivity index (χ2n) is 4.53. The standard InChI is InChI=1S/C13H18ClN3O3/c14-11-2-1-3-16-13(11)20-9-12(18)17-7-10-6-15-4-5-19-8-10/h1-3,10,15H,4-9H2,(H,17,18). The molecule has 1 aliphatic rings. The van der Waals surface area contributed by atoms with E-state index in [1.165, 1.54) is 0 Å². The summed E-state index contributed by atoms with van der Waals surface area (Å²) in [6.07, 6.45) is 1.56. The average molecular weight is 300 g/mol. The number of pyridine rings is 1. The van der Waals surface area contributed by atoms with Crippen LogP contribution in [0.1, 0.15) is 0 Å². The van der Waals surface area contributed by atoms with E-state index in [-0.39, 0.29) is 24.3 Å². The molecule has 1 aromatic heterocycles. The van der Waals surface area contributed by atoms with Crippen LogP contribution in [0.4, 0.5) is 0 Å². The molecule has 2 rings (SSSR count). The molecular formula is C13H18ClN3O3. The molecule has 0 spiro atoms. The smallest absolute Gasteiger partial charge is 0.258 e. The summed E-state index contributed by atoms with van der Waals surface area (Å²) < 4.78 is 10.7. The van der Waals surface area contributed by atoms with Crippen molar-refractivity contribution in [2.45, 2.75) is 0 Å². The van der Waals surface area contributed by atoms with Crippen molar-refractivity contribution < 1.29 is 14.3 Å². The zero-order valence-corrected chi connectivity index (χ0v) is 11.9. The van der Waals surface area contributed by atoms with Crippen LogP contribution in [0.5, 0.6) is 5.88 Å². The van der Waals surface area contributed by atoms with Crippen molar-refractivity contribution >= 4 is 17.5 Å². The van der Waals surface area contributed by atoms with Crippen LogP contribution in [-0.4, -0.2) is 50.3 Å². The number of hydrogen-bond donors (Lipinski definition) is 2.